The molecule has 2 aromatic rings. The monoisotopic (exact) mass is 375 g/mol. The van der Waals surface area contributed by atoms with Gasteiger partial charge in [-0.05, 0) is 53.3 Å². The van der Waals surface area contributed by atoms with Crippen molar-refractivity contribution in [3.05, 3.63) is 48.3 Å². The molecule has 0 radical (unpaired) electrons. The van der Waals surface area contributed by atoms with Gasteiger partial charge in [-0.2, -0.15) is 0 Å². The highest BCUT2D eigenvalue weighted by Crippen LogP contribution is 2.60. The molecule has 4 nitrogen and oxygen atoms in total. The molecule has 0 spiro atoms. The number of sulfone groups is 1. The smallest absolute Gasteiger partial charge is 0.178 e. The van der Waals surface area contributed by atoms with Gasteiger partial charge in [0.25, 0.3) is 0 Å². The van der Waals surface area contributed by atoms with E-state index in [1.165, 1.54) is 12.1 Å². The van der Waals surface area contributed by atoms with Gasteiger partial charge in [0, 0.05) is 18.7 Å². The molecule has 1 saturated carbocycles. The molecule has 2 aromatic carbocycles. The zero-order valence-electron chi connectivity index (χ0n) is 14.8. The van der Waals surface area contributed by atoms with Crippen molar-refractivity contribution in [2.45, 2.75) is 11.8 Å². The Labute approximate surface area is 153 Å². The van der Waals surface area contributed by atoms with E-state index in [1.807, 2.05) is 24.3 Å². The molecule has 0 bridgehead atoms. The fraction of sp³-hybridized carbons (Fsp3) is 0.400. The third-order valence-corrected chi connectivity index (χ3v) is 7.02. The second kappa shape index (κ2) is 6.06. The maximum absolute atomic E-state index is 14.1. The molecule has 2 aliphatic rings. The molecule has 1 N–H and O–H groups in total. The summed E-state index contributed by atoms with van der Waals surface area (Å²) >= 11 is 0. The molecule has 3 atom stereocenters. The highest BCUT2D eigenvalue weighted by molar-refractivity contribution is 7.90. The van der Waals surface area contributed by atoms with Crippen molar-refractivity contribution in [2.24, 2.45) is 17.3 Å². The lowest BCUT2D eigenvalue weighted by Crippen LogP contribution is -2.21. The molecular formula is C20H22FNO3S. The zero-order chi connectivity index (χ0) is 18.5. The van der Waals surface area contributed by atoms with Crippen LogP contribution in [0.3, 0.4) is 0 Å². The molecule has 1 aliphatic heterocycles. The molecule has 0 amide bonds. The third kappa shape index (κ3) is 3.01. The summed E-state index contributed by atoms with van der Waals surface area (Å²) in [6.07, 6.45) is 1.00. The van der Waals surface area contributed by atoms with Crippen LogP contribution in [0.15, 0.2) is 47.4 Å². The van der Waals surface area contributed by atoms with Crippen molar-refractivity contribution in [1.29, 1.82) is 0 Å². The van der Waals surface area contributed by atoms with Crippen LogP contribution in [-0.4, -0.2) is 34.4 Å². The van der Waals surface area contributed by atoms with E-state index in [1.54, 1.807) is 6.07 Å². The molecule has 26 heavy (non-hydrogen) atoms. The average molecular weight is 375 g/mol. The van der Waals surface area contributed by atoms with Gasteiger partial charge in [-0.25, -0.2) is 12.8 Å². The highest BCUT2D eigenvalue weighted by atomic mass is 32.2. The lowest BCUT2D eigenvalue weighted by Gasteiger charge is -2.12. The van der Waals surface area contributed by atoms with Crippen molar-refractivity contribution in [3.8, 4) is 16.9 Å². The Kier molecular flexibility index (Phi) is 4.08. The van der Waals surface area contributed by atoms with Crippen LogP contribution in [0.5, 0.6) is 5.75 Å². The van der Waals surface area contributed by atoms with Gasteiger partial charge in [0.05, 0.1) is 6.61 Å². The first-order chi connectivity index (χ1) is 12.3. The van der Waals surface area contributed by atoms with Crippen LogP contribution in [-0.2, 0) is 9.84 Å². The van der Waals surface area contributed by atoms with Gasteiger partial charge in [-0.15, -0.1) is 0 Å². The van der Waals surface area contributed by atoms with Gasteiger partial charge >= 0.3 is 0 Å². The molecule has 1 saturated heterocycles. The van der Waals surface area contributed by atoms with Crippen LogP contribution >= 0.6 is 0 Å². The number of rotatable bonds is 5. The van der Waals surface area contributed by atoms with E-state index in [0.717, 1.165) is 43.2 Å². The Morgan fingerprint density at radius 2 is 1.88 bits per heavy atom. The Hall–Kier alpha value is -1.92. The number of hydrogen-bond donors (Lipinski definition) is 1. The van der Waals surface area contributed by atoms with E-state index in [-0.39, 0.29) is 4.90 Å². The number of nitrogens with one attached hydrogen (secondary N) is 1. The van der Waals surface area contributed by atoms with Crippen LogP contribution in [0.2, 0.25) is 0 Å². The van der Waals surface area contributed by atoms with Crippen molar-refractivity contribution in [1.82, 2.24) is 5.32 Å². The minimum Gasteiger partial charge on any atom is -0.493 e. The fourth-order valence-electron chi connectivity index (χ4n) is 4.12. The Balaban J connectivity index is 1.44. The first-order valence-corrected chi connectivity index (χ1v) is 10.6. The lowest BCUT2D eigenvalue weighted by molar-refractivity contribution is 0.267. The van der Waals surface area contributed by atoms with E-state index in [4.69, 9.17) is 4.74 Å². The van der Waals surface area contributed by atoms with E-state index in [9.17, 15) is 12.8 Å². The van der Waals surface area contributed by atoms with Gasteiger partial charge in [0.1, 0.15) is 16.5 Å². The molecule has 4 rings (SSSR count). The number of fused-ring (bicyclic) bond motifs is 1. The van der Waals surface area contributed by atoms with Crippen molar-refractivity contribution < 1.29 is 17.5 Å². The third-order valence-electron chi connectivity index (χ3n) is 5.89. The Morgan fingerprint density at radius 1 is 1.19 bits per heavy atom. The minimum atomic E-state index is -3.56. The summed E-state index contributed by atoms with van der Waals surface area (Å²) in [6, 6.07) is 11.7. The summed E-state index contributed by atoms with van der Waals surface area (Å²) in [4.78, 5) is -0.279. The van der Waals surface area contributed by atoms with Gasteiger partial charge in [-0.1, -0.05) is 25.1 Å². The predicted molar refractivity (Wildman–Crippen MR) is 98.4 cm³/mol. The maximum atomic E-state index is 14.1. The summed E-state index contributed by atoms with van der Waals surface area (Å²) in [6.45, 7) is 5.18. The Bertz CT molecular complexity index is 942. The normalized spacial score (nSPS) is 27.2. The number of hydrogen-bond acceptors (Lipinski definition) is 4. The summed E-state index contributed by atoms with van der Waals surface area (Å²) in [5, 5.41) is 3.41. The molecule has 1 heterocycles. The SMILES string of the molecule is C[C@@]12CNCC1[C@H]2COc1ccc(-c2ccc(S(C)(=O)=O)c(F)c2)cc1. The molecule has 138 valence electrons. The van der Waals surface area contributed by atoms with Crippen LogP contribution in [0.4, 0.5) is 4.39 Å². The Morgan fingerprint density at radius 3 is 2.46 bits per heavy atom. The number of benzene rings is 2. The zero-order valence-corrected chi connectivity index (χ0v) is 15.6. The molecule has 6 heteroatoms. The van der Waals surface area contributed by atoms with Gasteiger partial charge < -0.3 is 10.1 Å². The topological polar surface area (TPSA) is 55.4 Å². The van der Waals surface area contributed by atoms with Crippen molar-refractivity contribution in [3.63, 3.8) is 0 Å². The fourth-order valence-corrected chi connectivity index (χ4v) is 4.84. The van der Waals surface area contributed by atoms with Crippen LogP contribution in [0.1, 0.15) is 6.92 Å². The second-order valence-electron chi connectivity index (χ2n) is 7.60. The molecule has 1 unspecified atom stereocenters. The van der Waals surface area contributed by atoms with Crippen LogP contribution < -0.4 is 10.1 Å². The molecule has 0 aromatic heterocycles. The quantitative estimate of drug-likeness (QED) is 0.872. The maximum Gasteiger partial charge on any atom is 0.178 e. The lowest BCUT2D eigenvalue weighted by atomic mass is 10.1. The first-order valence-electron chi connectivity index (χ1n) is 8.72. The van der Waals surface area contributed by atoms with Crippen molar-refractivity contribution >= 4 is 9.84 Å². The van der Waals surface area contributed by atoms with Gasteiger partial charge in [-0.3, -0.25) is 0 Å². The number of ether oxygens (including phenoxy) is 1. The standard InChI is InChI=1S/C20H22FNO3S/c1-20-12-22-10-16(20)17(20)11-25-15-6-3-13(4-7-15)14-5-8-19(18(21)9-14)26(2,23)24/h3-9,16-17,22H,10-12H2,1-2H3/t16?,17-,20-/m1/s1. The molecule has 2 fully saturated rings. The van der Waals surface area contributed by atoms with E-state index in [0.29, 0.717) is 16.9 Å². The van der Waals surface area contributed by atoms with Crippen LogP contribution in [0, 0.1) is 23.1 Å². The molecular weight excluding hydrogens is 353 g/mol. The summed E-state index contributed by atoms with van der Waals surface area (Å²) in [7, 11) is -3.56. The summed E-state index contributed by atoms with van der Waals surface area (Å²) in [5.41, 5.74) is 1.84. The van der Waals surface area contributed by atoms with E-state index >= 15 is 0 Å². The second-order valence-corrected chi connectivity index (χ2v) is 9.59. The number of halogens is 1. The summed E-state index contributed by atoms with van der Waals surface area (Å²) in [5.74, 6) is 1.40. The van der Waals surface area contributed by atoms with E-state index < -0.39 is 15.7 Å². The minimum absolute atomic E-state index is 0.279. The summed E-state index contributed by atoms with van der Waals surface area (Å²) < 4.78 is 43.0. The highest BCUT2D eigenvalue weighted by Gasteiger charge is 2.63. The van der Waals surface area contributed by atoms with Crippen molar-refractivity contribution in [2.75, 3.05) is 26.0 Å². The number of piperidine rings is 1. The largest absolute Gasteiger partial charge is 0.493 e. The van der Waals surface area contributed by atoms with E-state index in [2.05, 4.69) is 12.2 Å². The molecule has 1 aliphatic carbocycles. The van der Waals surface area contributed by atoms with Gasteiger partial charge in [0.2, 0.25) is 0 Å². The predicted octanol–water partition coefficient (Wildman–Crippen LogP) is 3.13. The van der Waals surface area contributed by atoms with Gasteiger partial charge in [0.15, 0.2) is 9.84 Å². The van der Waals surface area contributed by atoms with Crippen LogP contribution in [0.25, 0.3) is 11.1 Å². The average Bonchev–Trinajstić information content (AvgIpc) is 2.93. The first kappa shape index (κ1) is 17.5.